The summed E-state index contributed by atoms with van der Waals surface area (Å²) >= 11 is 0. The number of pyridine rings is 1. The van der Waals surface area contributed by atoms with Gasteiger partial charge in [0.2, 0.25) is 0 Å². The van der Waals surface area contributed by atoms with Crippen LogP contribution in [0.15, 0.2) is 59.8 Å². The molecule has 3 rings (SSSR count). The second kappa shape index (κ2) is 9.82. The van der Waals surface area contributed by atoms with Crippen molar-refractivity contribution in [2.24, 2.45) is 0 Å². The molecule has 0 aliphatic rings. The number of hydrogen-bond donors (Lipinski definition) is 3. The third-order valence-electron chi connectivity index (χ3n) is 5.09. The van der Waals surface area contributed by atoms with Crippen LogP contribution in [0.1, 0.15) is 47.7 Å². The van der Waals surface area contributed by atoms with Gasteiger partial charge in [0.1, 0.15) is 16.4 Å². The first-order valence-electron chi connectivity index (χ1n) is 10.4. The van der Waals surface area contributed by atoms with E-state index in [9.17, 15) is 23.4 Å². The van der Waals surface area contributed by atoms with Crippen molar-refractivity contribution >= 4 is 15.9 Å². The number of hydrogen-bond acceptors (Lipinski definition) is 6. The molecule has 8 heteroatoms. The van der Waals surface area contributed by atoms with E-state index in [0.29, 0.717) is 18.4 Å². The van der Waals surface area contributed by atoms with Crippen LogP contribution in [-0.4, -0.2) is 29.5 Å². The number of phenolic OH excluding ortho intramolecular Hbond substituents is 2. The smallest absolute Gasteiger partial charge is 0.268 e. The zero-order chi connectivity index (χ0) is 23.3. The minimum atomic E-state index is -4.45. The minimum Gasteiger partial charge on any atom is -0.507 e. The van der Waals surface area contributed by atoms with Gasteiger partial charge < -0.3 is 10.2 Å². The molecule has 1 amide bonds. The summed E-state index contributed by atoms with van der Waals surface area (Å²) in [5, 5.41) is 21.7. The van der Waals surface area contributed by atoms with Crippen LogP contribution in [0.3, 0.4) is 0 Å². The van der Waals surface area contributed by atoms with Crippen molar-refractivity contribution in [1.82, 2.24) is 9.71 Å². The first kappa shape index (κ1) is 23.3. The standard InChI is InChI=1S/C24H26N2O5S/c1-3-4-5-9-18-14-20(27)21(17-10-6-8-16(2)13-17)22(28)23(18)32(30,31)26-24(29)19-11-7-12-25-15-19/h6-8,10-15,27-28H,3-5,9H2,1-2H3,(H,26,29). The molecule has 32 heavy (non-hydrogen) atoms. The first-order valence-corrected chi connectivity index (χ1v) is 11.8. The Hall–Kier alpha value is -3.39. The molecule has 0 saturated carbocycles. The maximum atomic E-state index is 13.3. The molecule has 1 heterocycles. The molecule has 0 bridgehead atoms. The van der Waals surface area contributed by atoms with E-state index in [1.54, 1.807) is 18.2 Å². The number of amides is 1. The fourth-order valence-corrected chi connectivity index (χ4v) is 4.88. The first-order chi connectivity index (χ1) is 15.2. The number of rotatable bonds is 8. The Morgan fingerprint density at radius 1 is 1.09 bits per heavy atom. The molecule has 3 aromatic rings. The number of carbonyl (C=O) groups is 1. The van der Waals surface area contributed by atoms with Crippen molar-refractivity contribution in [2.45, 2.75) is 44.4 Å². The van der Waals surface area contributed by atoms with Crippen molar-refractivity contribution in [2.75, 3.05) is 0 Å². The van der Waals surface area contributed by atoms with Gasteiger partial charge in [0.15, 0.2) is 0 Å². The third-order valence-corrected chi connectivity index (χ3v) is 6.53. The average molecular weight is 455 g/mol. The number of carbonyl (C=O) groups excluding carboxylic acids is 1. The second-order valence-corrected chi connectivity index (χ2v) is 9.23. The molecule has 0 radical (unpaired) electrons. The average Bonchev–Trinajstić information content (AvgIpc) is 2.74. The minimum absolute atomic E-state index is 0.00198. The van der Waals surface area contributed by atoms with E-state index >= 15 is 0 Å². The van der Waals surface area contributed by atoms with Gasteiger partial charge in [-0.3, -0.25) is 9.78 Å². The lowest BCUT2D eigenvalue weighted by Gasteiger charge is -2.18. The molecule has 0 unspecified atom stereocenters. The maximum absolute atomic E-state index is 13.3. The quantitative estimate of drug-likeness (QED) is 0.437. The van der Waals surface area contributed by atoms with Gasteiger partial charge in [-0.05, 0) is 49.1 Å². The topological polar surface area (TPSA) is 117 Å². The molecule has 168 valence electrons. The lowest BCUT2D eigenvalue weighted by atomic mass is 9.97. The summed E-state index contributed by atoms with van der Waals surface area (Å²) in [6, 6.07) is 11.3. The summed E-state index contributed by atoms with van der Waals surface area (Å²) in [4.78, 5) is 15.9. The molecular formula is C24H26N2O5S. The van der Waals surface area contributed by atoms with Crippen LogP contribution in [0.4, 0.5) is 0 Å². The Labute approximate surface area is 187 Å². The Kier molecular flexibility index (Phi) is 7.15. The van der Waals surface area contributed by atoms with Crippen molar-refractivity contribution in [3.63, 3.8) is 0 Å². The largest absolute Gasteiger partial charge is 0.507 e. The number of aryl methyl sites for hydroxylation is 2. The highest BCUT2D eigenvalue weighted by Crippen LogP contribution is 2.44. The second-order valence-electron chi connectivity index (χ2n) is 7.61. The van der Waals surface area contributed by atoms with E-state index in [1.165, 1.54) is 30.6 Å². The molecule has 2 aromatic carbocycles. The van der Waals surface area contributed by atoms with E-state index in [-0.39, 0.29) is 22.4 Å². The molecule has 0 aliphatic heterocycles. The van der Waals surface area contributed by atoms with Gasteiger partial charge >= 0.3 is 0 Å². The molecule has 1 aromatic heterocycles. The molecule has 0 spiro atoms. The number of aromatic nitrogens is 1. The van der Waals surface area contributed by atoms with Crippen LogP contribution >= 0.6 is 0 Å². The van der Waals surface area contributed by atoms with Crippen molar-refractivity contribution in [3.8, 4) is 22.6 Å². The Morgan fingerprint density at radius 2 is 1.88 bits per heavy atom. The van der Waals surface area contributed by atoms with Gasteiger partial charge in [-0.15, -0.1) is 0 Å². The summed E-state index contributed by atoms with van der Waals surface area (Å²) in [6.07, 6.45) is 5.47. The molecule has 0 aliphatic carbocycles. The van der Waals surface area contributed by atoms with E-state index in [4.69, 9.17) is 0 Å². The monoisotopic (exact) mass is 454 g/mol. The Morgan fingerprint density at radius 3 is 2.53 bits per heavy atom. The number of sulfonamides is 1. The number of nitrogens with one attached hydrogen (secondary N) is 1. The molecule has 0 atom stereocenters. The van der Waals surface area contributed by atoms with Crippen LogP contribution in [-0.2, 0) is 16.4 Å². The van der Waals surface area contributed by atoms with Crippen molar-refractivity contribution in [1.29, 1.82) is 0 Å². The zero-order valence-corrected chi connectivity index (χ0v) is 18.8. The van der Waals surface area contributed by atoms with Crippen molar-refractivity contribution in [3.05, 3.63) is 71.5 Å². The molecule has 3 N–H and O–H groups in total. The fourth-order valence-electron chi connectivity index (χ4n) is 3.55. The van der Waals surface area contributed by atoms with E-state index in [2.05, 4.69) is 4.98 Å². The Bertz CT molecular complexity index is 1220. The zero-order valence-electron chi connectivity index (χ0n) is 18.0. The number of benzene rings is 2. The lowest BCUT2D eigenvalue weighted by Crippen LogP contribution is -2.31. The molecule has 7 nitrogen and oxygen atoms in total. The van der Waals surface area contributed by atoms with E-state index in [0.717, 1.165) is 18.4 Å². The third kappa shape index (κ3) is 5.08. The predicted molar refractivity (Wildman–Crippen MR) is 122 cm³/mol. The molecule has 0 fully saturated rings. The Balaban J connectivity index is 2.14. The molecule has 0 saturated heterocycles. The summed E-state index contributed by atoms with van der Waals surface area (Å²) in [5.41, 5.74) is 1.66. The lowest BCUT2D eigenvalue weighted by molar-refractivity contribution is 0.0981. The molecular weight excluding hydrogens is 428 g/mol. The van der Waals surface area contributed by atoms with Gasteiger partial charge in [-0.1, -0.05) is 49.6 Å². The highest BCUT2D eigenvalue weighted by Gasteiger charge is 2.29. The maximum Gasteiger partial charge on any atom is 0.268 e. The van der Waals surface area contributed by atoms with E-state index in [1.807, 2.05) is 24.6 Å². The summed E-state index contributed by atoms with van der Waals surface area (Å²) in [6.45, 7) is 3.87. The van der Waals surface area contributed by atoms with Crippen LogP contribution in [0.5, 0.6) is 11.5 Å². The number of unbranched alkanes of at least 4 members (excludes halogenated alkanes) is 2. The van der Waals surface area contributed by atoms with Gasteiger partial charge in [0, 0.05) is 12.4 Å². The summed E-state index contributed by atoms with van der Waals surface area (Å²) in [7, 11) is -4.45. The SMILES string of the molecule is CCCCCc1cc(O)c(-c2cccc(C)c2)c(O)c1S(=O)(=O)NC(=O)c1cccnc1. The number of nitrogens with zero attached hydrogens (tertiary/aromatic N) is 1. The van der Waals surface area contributed by atoms with E-state index < -0.39 is 26.6 Å². The van der Waals surface area contributed by atoms with Crippen LogP contribution in [0.25, 0.3) is 11.1 Å². The normalized spacial score (nSPS) is 11.3. The van der Waals surface area contributed by atoms with Gasteiger partial charge in [-0.2, -0.15) is 0 Å². The fraction of sp³-hybridized carbons (Fsp3) is 0.250. The highest BCUT2D eigenvalue weighted by molar-refractivity contribution is 7.90. The highest BCUT2D eigenvalue weighted by atomic mass is 32.2. The number of aromatic hydroxyl groups is 2. The van der Waals surface area contributed by atoms with Crippen LogP contribution in [0, 0.1) is 6.92 Å². The van der Waals surface area contributed by atoms with Gasteiger partial charge in [0.05, 0.1) is 11.1 Å². The van der Waals surface area contributed by atoms with Crippen LogP contribution < -0.4 is 4.72 Å². The summed E-state index contributed by atoms with van der Waals surface area (Å²) in [5.74, 6) is -1.67. The number of phenols is 2. The predicted octanol–water partition coefficient (Wildman–Crippen LogP) is 4.32. The van der Waals surface area contributed by atoms with Gasteiger partial charge in [0.25, 0.3) is 15.9 Å². The van der Waals surface area contributed by atoms with Gasteiger partial charge in [-0.25, -0.2) is 13.1 Å². The summed E-state index contributed by atoms with van der Waals surface area (Å²) < 4.78 is 28.5. The van der Waals surface area contributed by atoms with Crippen LogP contribution in [0.2, 0.25) is 0 Å². The van der Waals surface area contributed by atoms with Crippen molar-refractivity contribution < 1.29 is 23.4 Å².